The molecule has 0 amide bonds. The second kappa shape index (κ2) is 6.32. The van der Waals surface area contributed by atoms with Gasteiger partial charge in [0.15, 0.2) is 0 Å². The minimum absolute atomic E-state index is 0.0731. The first-order valence-electron chi connectivity index (χ1n) is 6.98. The molecule has 0 atom stereocenters. The number of nitrogens with zero attached hydrogens (tertiary/aromatic N) is 4. The van der Waals surface area contributed by atoms with Crippen LogP contribution in [0.5, 0.6) is 5.88 Å². The number of benzene rings is 1. The third-order valence-electron chi connectivity index (χ3n) is 3.40. The van der Waals surface area contributed by atoms with E-state index >= 15 is 0 Å². The van der Waals surface area contributed by atoms with Crippen molar-refractivity contribution in [3.8, 4) is 5.88 Å². The second-order valence-corrected chi connectivity index (χ2v) is 7.59. The quantitative estimate of drug-likeness (QED) is 0.721. The van der Waals surface area contributed by atoms with Gasteiger partial charge in [0, 0.05) is 11.8 Å². The molecule has 0 radical (unpaired) electrons. The van der Waals surface area contributed by atoms with E-state index in [2.05, 4.69) is 19.8 Å². The number of anilines is 1. The molecule has 0 saturated carbocycles. The van der Waals surface area contributed by atoms with Gasteiger partial charge < -0.3 is 4.74 Å². The number of halogens is 2. The van der Waals surface area contributed by atoms with Crippen molar-refractivity contribution >= 4 is 44.7 Å². The van der Waals surface area contributed by atoms with Crippen LogP contribution in [-0.4, -0.2) is 35.1 Å². The fourth-order valence-corrected chi connectivity index (χ4v) is 3.67. The highest BCUT2D eigenvalue weighted by Gasteiger charge is 2.24. The van der Waals surface area contributed by atoms with Gasteiger partial charge in [-0.15, -0.1) is 5.10 Å². The van der Waals surface area contributed by atoms with Crippen LogP contribution in [0.15, 0.2) is 23.5 Å². The molecule has 0 aliphatic heterocycles. The van der Waals surface area contributed by atoms with E-state index in [0.29, 0.717) is 17.0 Å². The van der Waals surface area contributed by atoms with Gasteiger partial charge in [-0.3, -0.25) is 4.72 Å². The van der Waals surface area contributed by atoms with Crippen LogP contribution in [0.1, 0.15) is 11.1 Å². The summed E-state index contributed by atoms with van der Waals surface area (Å²) in [5.74, 6) is 0.422. The zero-order valence-corrected chi connectivity index (χ0v) is 15.7. The van der Waals surface area contributed by atoms with Gasteiger partial charge in [0.25, 0.3) is 21.0 Å². The van der Waals surface area contributed by atoms with Crippen LogP contribution in [0.3, 0.4) is 0 Å². The Balaban J connectivity index is 2.06. The molecule has 2 heterocycles. The topological polar surface area (TPSA) is 98.5 Å². The van der Waals surface area contributed by atoms with Gasteiger partial charge in [-0.05, 0) is 25.5 Å². The lowest BCUT2D eigenvalue weighted by Crippen LogP contribution is -2.15. The number of methoxy groups -OCH3 is 1. The van der Waals surface area contributed by atoms with Crippen molar-refractivity contribution in [3.63, 3.8) is 0 Å². The highest BCUT2D eigenvalue weighted by molar-refractivity contribution is 7.92. The van der Waals surface area contributed by atoms with Crippen LogP contribution < -0.4 is 9.46 Å². The minimum atomic E-state index is -4.11. The fraction of sp³-hybridized carbons (Fsp3) is 0.214. The van der Waals surface area contributed by atoms with Gasteiger partial charge in [-0.1, -0.05) is 29.3 Å². The number of aryl methyl sites for hydroxylation is 2. The van der Waals surface area contributed by atoms with Crippen LogP contribution in [0.4, 0.5) is 5.69 Å². The van der Waals surface area contributed by atoms with Crippen LogP contribution in [0, 0.1) is 13.8 Å². The normalized spacial score (nSPS) is 11.7. The maximum atomic E-state index is 12.6. The van der Waals surface area contributed by atoms with Crippen LogP contribution >= 0.6 is 23.2 Å². The Labute approximate surface area is 153 Å². The summed E-state index contributed by atoms with van der Waals surface area (Å²) >= 11 is 12.2. The van der Waals surface area contributed by atoms with E-state index in [1.165, 1.54) is 11.6 Å². The van der Waals surface area contributed by atoms with Gasteiger partial charge in [0.2, 0.25) is 5.88 Å². The highest BCUT2D eigenvalue weighted by Crippen LogP contribution is 2.34. The van der Waals surface area contributed by atoms with Crippen LogP contribution in [-0.2, 0) is 10.0 Å². The summed E-state index contributed by atoms with van der Waals surface area (Å²) in [6.07, 6.45) is 1.57. The summed E-state index contributed by atoms with van der Waals surface area (Å²) in [6, 6.07) is 3.23. The lowest BCUT2D eigenvalue weighted by Gasteiger charge is -2.10. The highest BCUT2D eigenvalue weighted by atomic mass is 35.5. The molecule has 11 heteroatoms. The van der Waals surface area contributed by atoms with Gasteiger partial charge in [-0.2, -0.15) is 18.4 Å². The lowest BCUT2D eigenvalue weighted by atomic mass is 10.2. The molecule has 8 nitrogen and oxygen atoms in total. The Morgan fingerprint density at radius 1 is 1.16 bits per heavy atom. The smallest absolute Gasteiger partial charge is 0.299 e. The molecule has 132 valence electrons. The van der Waals surface area contributed by atoms with E-state index in [0.717, 1.165) is 0 Å². The van der Waals surface area contributed by atoms with E-state index in [1.807, 2.05) is 0 Å². The molecule has 0 fully saturated rings. The SMILES string of the molecule is COc1nc2nc(S(=O)(=O)Nc3c(Cl)ccc(C)c3Cl)nn2cc1C. The molecular weight excluding hydrogens is 389 g/mol. The number of sulfonamides is 1. The molecular formula is C14H13Cl2N5O3S. The molecule has 0 aliphatic rings. The Morgan fingerprint density at radius 2 is 1.88 bits per heavy atom. The summed E-state index contributed by atoms with van der Waals surface area (Å²) in [6.45, 7) is 3.49. The number of ether oxygens (including phenoxy) is 1. The van der Waals surface area contributed by atoms with Gasteiger partial charge in [-0.25, -0.2) is 4.52 Å². The molecule has 3 rings (SSSR count). The van der Waals surface area contributed by atoms with E-state index in [-0.39, 0.29) is 21.5 Å². The van der Waals surface area contributed by atoms with Crippen molar-refractivity contribution in [2.45, 2.75) is 19.0 Å². The summed E-state index contributed by atoms with van der Waals surface area (Å²) in [4.78, 5) is 8.04. The Bertz CT molecular complexity index is 1080. The van der Waals surface area contributed by atoms with Crippen molar-refractivity contribution in [2.24, 2.45) is 0 Å². The summed E-state index contributed by atoms with van der Waals surface area (Å²) in [5, 5.41) is 3.86. The fourth-order valence-electron chi connectivity index (χ4n) is 2.13. The monoisotopic (exact) mass is 401 g/mol. The first-order valence-corrected chi connectivity index (χ1v) is 9.22. The second-order valence-electron chi connectivity index (χ2n) is 5.23. The molecule has 1 N–H and O–H groups in total. The molecule has 0 unspecified atom stereocenters. The third-order valence-corrected chi connectivity index (χ3v) is 5.33. The number of nitrogens with one attached hydrogen (secondary N) is 1. The largest absolute Gasteiger partial charge is 0.481 e. The van der Waals surface area contributed by atoms with E-state index in [9.17, 15) is 8.42 Å². The summed E-state index contributed by atoms with van der Waals surface area (Å²) in [5.41, 5.74) is 1.43. The van der Waals surface area contributed by atoms with Crippen molar-refractivity contribution in [2.75, 3.05) is 11.8 Å². The standard InChI is InChI=1S/C14H13Cl2N5O3S/c1-7-4-5-9(15)11(10(7)16)20-25(22,23)14-18-13-17-12(24-3)8(2)6-21(13)19-14/h4-6,20H,1-3H3. The van der Waals surface area contributed by atoms with Gasteiger partial charge >= 0.3 is 0 Å². The molecule has 0 aliphatic carbocycles. The molecule has 3 aromatic rings. The van der Waals surface area contributed by atoms with E-state index in [4.69, 9.17) is 27.9 Å². The number of hydrogen-bond acceptors (Lipinski definition) is 6. The zero-order chi connectivity index (χ0) is 18.4. The zero-order valence-electron chi connectivity index (χ0n) is 13.4. The average molecular weight is 402 g/mol. The average Bonchev–Trinajstić information content (AvgIpc) is 2.98. The Morgan fingerprint density at radius 3 is 2.56 bits per heavy atom. The first kappa shape index (κ1) is 17.7. The van der Waals surface area contributed by atoms with E-state index in [1.54, 1.807) is 32.2 Å². The summed E-state index contributed by atoms with van der Waals surface area (Å²) in [7, 11) is -2.65. The number of fused-ring (bicyclic) bond motifs is 1. The van der Waals surface area contributed by atoms with Crippen LogP contribution in [0.2, 0.25) is 10.0 Å². The molecule has 25 heavy (non-hydrogen) atoms. The lowest BCUT2D eigenvalue weighted by molar-refractivity contribution is 0.394. The van der Waals surface area contributed by atoms with Crippen molar-refractivity contribution in [1.29, 1.82) is 0 Å². The van der Waals surface area contributed by atoms with Crippen molar-refractivity contribution < 1.29 is 13.2 Å². The molecule has 1 aromatic carbocycles. The number of rotatable bonds is 4. The molecule has 0 spiro atoms. The number of aromatic nitrogens is 4. The van der Waals surface area contributed by atoms with Crippen molar-refractivity contribution in [1.82, 2.24) is 19.6 Å². The molecule has 0 saturated heterocycles. The first-order chi connectivity index (χ1) is 11.7. The van der Waals surface area contributed by atoms with E-state index < -0.39 is 15.2 Å². The predicted molar refractivity (Wildman–Crippen MR) is 94.1 cm³/mol. The minimum Gasteiger partial charge on any atom is -0.481 e. The maximum Gasteiger partial charge on any atom is 0.299 e. The van der Waals surface area contributed by atoms with Gasteiger partial charge in [0.1, 0.15) is 0 Å². The number of hydrogen-bond donors (Lipinski definition) is 1. The molecule has 0 bridgehead atoms. The third kappa shape index (κ3) is 3.22. The van der Waals surface area contributed by atoms with Gasteiger partial charge in [0.05, 0.1) is 22.8 Å². The summed E-state index contributed by atoms with van der Waals surface area (Å²) < 4.78 is 33.9. The van der Waals surface area contributed by atoms with Crippen molar-refractivity contribution in [3.05, 3.63) is 39.5 Å². The van der Waals surface area contributed by atoms with Crippen LogP contribution in [0.25, 0.3) is 5.78 Å². The molecule has 2 aromatic heterocycles. The predicted octanol–water partition coefficient (Wildman–Crippen LogP) is 2.86. The maximum absolute atomic E-state index is 12.6. The Kier molecular flexibility index (Phi) is 4.48. The Hall–Kier alpha value is -2.10.